The van der Waals surface area contributed by atoms with Crippen LogP contribution in [0.2, 0.25) is 0 Å². The van der Waals surface area contributed by atoms with E-state index >= 15 is 0 Å². The van der Waals surface area contributed by atoms with E-state index in [1.165, 1.54) is 10.5 Å². The lowest BCUT2D eigenvalue weighted by molar-refractivity contribution is 0.414. The summed E-state index contributed by atoms with van der Waals surface area (Å²) in [6.45, 7) is 2.10. The van der Waals surface area contributed by atoms with E-state index in [9.17, 15) is 0 Å². The van der Waals surface area contributed by atoms with E-state index in [4.69, 9.17) is 4.74 Å². The molecule has 1 aromatic heterocycles. The van der Waals surface area contributed by atoms with Gasteiger partial charge in [-0.15, -0.1) is 5.10 Å². The summed E-state index contributed by atoms with van der Waals surface area (Å²) in [5, 5.41) is 8.75. The molecule has 4 nitrogen and oxygen atoms in total. The van der Waals surface area contributed by atoms with Gasteiger partial charge in [-0.05, 0) is 48.9 Å². The van der Waals surface area contributed by atoms with Crippen LogP contribution >= 0.6 is 11.8 Å². The van der Waals surface area contributed by atoms with Crippen molar-refractivity contribution in [3.8, 4) is 5.75 Å². The molecular weight excluding hydrogens is 342 g/mol. The number of fused-ring (bicyclic) bond motifs is 1. The number of hydrogen-bond donors (Lipinski definition) is 0. The lowest BCUT2D eigenvalue weighted by atomic mass is 10.2. The number of ether oxygens (including phenoxy) is 1. The molecule has 0 aliphatic rings. The number of thioether (sulfide) groups is 1. The summed E-state index contributed by atoms with van der Waals surface area (Å²) in [4.78, 5) is 1.19. The first-order valence-electron chi connectivity index (χ1n) is 8.42. The molecule has 0 aliphatic carbocycles. The fourth-order valence-electron chi connectivity index (χ4n) is 2.83. The Morgan fingerprint density at radius 1 is 0.923 bits per heavy atom. The fourth-order valence-corrected chi connectivity index (χ4v) is 3.93. The summed E-state index contributed by atoms with van der Waals surface area (Å²) in [5.41, 5.74) is 4.32. The van der Waals surface area contributed by atoms with Gasteiger partial charge in [0.25, 0.3) is 0 Å². The normalized spacial score (nSPS) is 12.2. The molecule has 0 amide bonds. The average Bonchev–Trinajstić information content (AvgIpc) is 3.12. The molecule has 4 aromatic rings. The molecule has 0 saturated heterocycles. The third-order valence-electron chi connectivity index (χ3n) is 4.27. The van der Waals surface area contributed by atoms with Crippen LogP contribution in [-0.2, 0) is 0 Å². The Bertz CT molecular complexity index is 1010. The molecule has 0 spiro atoms. The van der Waals surface area contributed by atoms with E-state index in [-0.39, 0.29) is 5.37 Å². The Morgan fingerprint density at radius 2 is 1.65 bits per heavy atom. The number of aromatic nitrogens is 3. The van der Waals surface area contributed by atoms with Gasteiger partial charge in [0.2, 0.25) is 0 Å². The molecule has 5 heteroatoms. The van der Waals surface area contributed by atoms with Crippen LogP contribution in [0, 0.1) is 6.92 Å². The molecule has 0 aliphatic heterocycles. The maximum absolute atomic E-state index is 5.30. The Hall–Kier alpha value is -2.79. The summed E-state index contributed by atoms with van der Waals surface area (Å²) < 4.78 is 7.29. The zero-order valence-corrected chi connectivity index (χ0v) is 15.5. The zero-order chi connectivity index (χ0) is 17.9. The Labute approximate surface area is 156 Å². The van der Waals surface area contributed by atoms with Crippen molar-refractivity contribution in [3.63, 3.8) is 0 Å². The van der Waals surface area contributed by atoms with E-state index in [1.807, 2.05) is 35.0 Å². The first kappa shape index (κ1) is 16.7. The van der Waals surface area contributed by atoms with Crippen molar-refractivity contribution in [2.24, 2.45) is 0 Å². The molecule has 4 rings (SSSR count). The molecule has 3 aromatic carbocycles. The van der Waals surface area contributed by atoms with Crippen molar-refractivity contribution in [1.82, 2.24) is 15.0 Å². The minimum Gasteiger partial charge on any atom is -0.497 e. The van der Waals surface area contributed by atoms with Crippen LogP contribution in [0.25, 0.3) is 11.0 Å². The van der Waals surface area contributed by atoms with Gasteiger partial charge in [-0.2, -0.15) is 0 Å². The smallest absolute Gasteiger partial charge is 0.129 e. The van der Waals surface area contributed by atoms with Gasteiger partial charge >= 0.3 is 0 Å². The third kappa shape index (κ3) is 3.30. The summed E-state index contributed by atoms with van der Waals surface area (Å²) in [6, 6.07) is 24.7. The van der Waals surface area contributed by atoms with Gasteiger partial charge in [0.05, 0.1) is 12.6 Å². The number of methoxy groups -OCH3 is 1. The van der Waals surface area contributed by atoms with Crippen LogP contribution in [0.1, 0.15) is 16.5 Å². The van der Waals surface area contributed by atoms with Gasteiger partial charge in [0.1, 0.15) is 16.6 Å². The predicted molar refractivity (Wildman–Crippen MR) is 106 cm³/mol. The summed E-state index contributed by atoms with van der Waals surface area (Å²) in [5.74, 6) is 0.844. The van der Waals surface area contributed by atoms with Gasteiger partial charge in [-0.25, -0.2) is 4.68 Å². The first-order chi connectivity index (χ1) is 12.7. The maximum Gasteiger partial charge on any atom is 0.129 e. The van der Waals surface area contributed by atoms with Crippen LogP contribution in [-0.4, -0.2) is 22.1 Å². The second-order valence-electron chi connectivity index (χ2n) is 6.08. The summed E-state index contributed by atoms with van der Waals surface area (Å²) >= 11 is 1.76. The molecule has 0 N–H and O–H groups in total. The maximum atomic E-state index is 5.30. The van der Waals surface area contributed by atoms with E-state index in [0.29, 0.717) is 0 Å². The van der Waals surface area contributed by atoms with E-state index in [0.717, 1.165) is 22.3 Å². The van der Waals surface area contributed by atoms with Gasteiger partial charge in [-0.1, -0.05) is 58.9 Å². The molecular formula is C21H19N3OS. The Kier molecular flexibility index (Phi) is 4.63. The number of hydrogen-bond acceptors (Lipinski definition) is 4. The molecule has 26 heavy (non-hydrogen) atoms. The monoisotopic (exact) mass is 361 g/mol. The molecule has 1 unspecified atom stereocenters. The molecule has 1 heterocycles. The zero-order valence-electron chi connectivity index (χ0n) is 14.7. The second-order valence-corrected chi connectivity index (χ2v) is 7.23. The number of nitrogens with zero attached hydrogens (tertiary/aromatic N) is 3. The highest BCUT2D eigenvalue weighted by molar-refractivity contribution is 7.99. The lowest BCUT2D eigenvalue weighted by Gasteiger charge is -2.18. The standard InChI is InChI=1S/C21H19N3OS/c1-15-7-13-18(14-8-15)26-21(16-9-11-17(25-2)12-10-16)24-20-6-4-3-5-19(20)22-23-24/h3-14,21H,1-2H3. The van der Waals surface area contributed by atoms with Crippen molar-refractivity contribution in [2.75, 3.05) is 7.11 Å². The highest BCUT2D eigenvalue weighted by Crippen LogP contribution is 2.38. The summed E-state index contributed by atoms with van der Waals surface area (Å²) in [6.07, 6.45) is 0. The highest BCUT2D eigenvalue weighted by Gasteiger charge is 2.19. The molecule has 0 bridgehead atoms. The van der Waals surface area contributed by atoms with Crippen molar-refractivity contribution >= 4 is 22.8 Å². The minimum absolute atomic E-state index is 0.0176. The molecule has 0 fully saturated rings. The van der Waals surface area contributed by atoms with E-state index < -0.39 is 0 Å². The topological polar surface area (TPSA) is 39.9 Å². The summed E-state index contributed by atoms with van der Waals surface area (Å²) in [7, 11) is 1.68. The highest BCUT2D eigenvalue weighted by atomic mass is 32.2. The first-order valence-corrected chi connectivity index (χ1v) is 9.30. The third-order valence-corrected chi connectivity index (χ3v) is 5.51. The average molecular weight is 361 g/mol. The number of benzene rings is 3. The number of aryl methyl sites for hydroxylation is 1. The molecule has 1 atom stereocenters. The van der Waals surface area contributed by atoms with Crippen molar-refractivity contribution in [3.05, 3.63) is 83.9 Å². The van der Waals surface area contributed by atoms with Crippen LogP contribution in [0.4, 0.5) is 0 Å². The van der Waals surface area contributed by atoms with E-state index in [1.54, 1.807) is 18.9 Å². The van der Waals surface area contributed by atoms with Crippen LogP contribution in [0.3, 0.4) is 0 Å². The van der Waals surface area contributed by atoms with Gasteiger partial charge in [-0.3, -0.25) is 0 Å². The van der Waals surface area contributed by atoms with Crippen molar-refractivity contribution < 1.29 is 4.74 Å². The second kappa shape index (κ2) is 7.22. The van der Waals surface area contributed by atoms with Crippen LogP contribution in [0.15, 0.2) is 77.7 Å². The molecule has 0 saturated carbocycles. The molecule has 130 valence electrons. The van der Waals surface area contributed by atoms with Gasteiger partial charge in [0, 0.05) is 4.90 Å². The van der Waals surface area contributed by atoms with Crippen molar-refractivity contribution in [2.45, 2.75) is 17.2 Å². The largest absolute Gasteiger partial charge is 0.497 e. The minimum atomic E-state index is -0.0176. The van der Waals surface area contributed by atoms with Gasteiger partial charge in [0.15, 0.2) is 0 Å². The number of para-hydroxylation sites is 1. The lowest BCUT2D eigenvalue weighted by Crippen LogP contribution is -2.09. The van der Waals surface area contributed by atoms with Crippen LogP contribution < -0.4 is 4.74 Å². The van der Waals surface area contributed by atoms with E-state index in [2.05, 4.69) is 59.7 Å². The fraction of sp³-hybridized carbons (Fsp3) is 0.143. The SMILES string of the molecule is COc1ccc(C(Sc2ccc(C)cc2)n2nnc3ccccc32)cc1. The number of rotatable bonds is 5. The quantitative estimate of drug-likeness (QED) is 0.464. The van der Waals surface area contributed by atoms with Crippen LogP contribution in [0.5, 0.6) is 5.75 Å². The van der Waals surface area contributed by atoms with Crippen molar-refractivity contribution in [1.29, 1.82) is 0 Å². The molecule has 0 radical (unpaired) electrons. The van der Waals surface area contributed by atoms with Gasteiger partial charge < -0.3 is 4.74 Å². The Balaban J connectivity index is 1.78. The Morgan fingerprint density at radius 3 is 2.38 bits per heavy atom. The predicted octanol–water partition coefficient (Wildman–Crippen LogP) is 5.09.